The van der Waals surface area contributed by atoms with Crippen LogP contribution in [-0.4, -0.2) is 26.1 Å². The lowest BCUT2D eigenvalue weighted by Gasteiger charge is -2.08. The zero-order valence-corrected chi connectivity index (χ0v) is 9.99. The van der Waals surface area contributed by atoms with Crippen molar-refractivity contribution in [2.75, 3.05) is 0 Å². The van der Waals surface area contributed by atoms with Gasteiger partial charge >= 0.3 is 0 Å². The molecule has 5 nitrogen and oxygen atoms in total. The second-order valence-corrected chi connectivity index (χ2v) is 4.15. The van der Waals surface area contributed by atoms with Gasteiger partial charge in [0.15, 0.2) is 6.10 Å². The first kappa shape index (κ1) is 12.6. The van der Waals surface area contributed by atoms with Gasteiger partial charge in [0.05, 0.1) is 18.0 Å². The van der Waals surface area contributed by atoms with Crippen molar-refractivity contribution in [3.63, 3.8) is 0 Å². The minimum absolute atomic E-state index is 0.365. The Hall–Kier alpha value is -1.87. The second-order valence-electron chi connectivity index (χ2n) is 3.72. The summed E-state index contributed by atoms with van der Waals surface area (Å²) in [6.07, 6.45) is 0.188. The molecule has 0 spiro atoms. The molecule has 0 radical (unpaired) electrons. The summed E-state index contributed by atoms with van der Waals surface area (Å²) in [5.41, 5.74) is 1.09. The Morgan fingerprint density at radius 2 is 2.17 bits per heavy atom. The van der Waals surface area contributed by atoms with E-state index in [0.717, 1.165) is 5.69 Å². The Labute approximate surface area is 108 Å². The number of aliphatic hydroxyl groups is 2. The van der Waals surface area contributed by atoms with Crippen molar-refractivity contribution in [3.8, 4) is 11.8 Å². The summed E-state index contributed by atoms with van der Waals surface area (Å²) in [6.45, 7) is 0. The van der Waals surface area contributed by atoms with E-state index in [4.69, 9.17) is 16.9 Å². The average molecular weight is 264 g/mol. The number of aromatic nitrogens is 2. The number of halogens is 1. The van der Waals surface area contributed by atoms with Crippen LogP contribution in [0, 0.1) is 11.3 Å². The third kappa shape index (κ3) is 2.51. The van der Waals surface area contributed by atoms with Crippen molar-refractivity contribution in [3.05, 3.63) is 47.2 Å². The molecule has 1 aromatic carbocycles. The van der Waals surface area contributed by atoms with E-state index in [1.165, 1.54) is 17.1 Å². The average Bonchev–Trinajstić information content (AvgIpc) is 2.86. The van der Waals surface area contributed by atoms with Gasteiger partial charge in [0.1, 0.15) is 6.10 Å². The molecule has 2 unspecified atom stereocenters. The summed E-state index contributed by atoms with van der Waals surface area (Å²) in [5.74, 6) is 0. The zero-order valence-electron chi connectivity index (χ0n) is 9.23. The van der Waals surface area contributed by atoms with Gasteiger partial charge in [-0.3, -0.25) is 0 Å². The van der Waals surface area contributed by atoms with Crippen LogP contribution >= 0.6 is 11.6 Å². The third-order valence-corrected chi connectivity index (χ3v) is 2.68. The Balaban J connectivity index is 2.29. The third-order valence-electron chi connectivity index (χ3n) is 2.45. The summed E-state index contributed by atoms with van der Waals surface area (Å²) < 4.78 is 1.51. The van der Waals surface area contributed by atoms with Gasteiger partial charge in [-0.2, -0.15) is 10.4 Å². The van der Waals surface area contributed by atoms with Crippen molar-refractivity contribution in [2.45, 2.75) is 12.2 Å². The fraction of sp³-hybridized carbons (Fsp3) is 0.167. The molecule has 1 heterocycles. The molecular weight excluding hydrogens is 254 g/mol. The highest BCUT2D eigenvalue weighted by Gasteiger charge is 2.19. The summed E-state index contributed by atoms with van der Waals surface area (Å²) in [6, 6.07) is 8.60. The van der Waals surface area contributed by atoms with Crippen LogP contribution in [0.5, 0.6) is 0 Å². The molecular formula is C12H10ClN3O2. The molecule has 18 heavy (non-hydrogen) atoms. The van der Waals surface area contributed by atoms with Crippen LogP contribution < -0.4 is 0 Å². The predicted molar refractivity (Wildman–Crippen MR) is 65.2 cm³/mol. The molecule has 0 saturated heterocycles. The fourth-order valence-corrected chi connectivity index (χ4v) is 1.69. The van der Waals surface area contributed by atoms with Crippen LogP contribution in [-0.2, 0) is 0 Å². The second kappa shape index (κ2) is 5.19. The lowest BCUT2D eigenvalue weighted by Crippen LogP contribution is -2.15. The summed E-state index contributed by atoms with van der Waals surface area (Å²) in [4.78, 5) is 0. The Kier molecular flexibility index (Phi) is 3.63. The van der Waals surface area contributed by atoms with E-state index in [0.29, 0.717) is 10.6 Å². The molecule has 1 aromatic heterocycles. The predicted octanol–water partition coefficient (Wildman–Crippen LogP) is 1.44. The van der Waals surface area contributed by atoms with Crippen LogP contribution in [0.25, 0.3) is 5.69 Å². The van der Waals surface area contributed by atoms with E-state index in [2.05, 4.69) is 5.10 Å². The van der Waals surface area contributed by atoms with Crippen molar-refractivity contribution in [2.24, 2.45) is 0 Å². The molecule has 0 saturated carbocycles. The number of nitrogens with zero attached hydrogens (tertiary/aromatic N) is 3. The highest BCUT2D eigenvalue weighted by molar-refractivity contribution is 6.30. The molecule has 2 N–H and O–H groups in total. The summed E-state index contributed by atoms with van der Waals surface area (Å²) in [5, 5.41) is 32.0. The van der Waals surface area contributed by atoms with Gasteiger partial charge in [0.2, 0.25) is 0 Å². The zero-order chi connectivity index (χ0) is 13.1. The highest BCUT2D eigenvalue weighted by atomic mass is 35.5. The maximum absolute atomic E-state index is 9.65. The number of benzene rings is 1. The van der Waals surface area contributed by atoms with Crippen molar-refractivity contribution < 1.29 is 10.2 Å². The molecule has 6 heteroatoms. The molecule has 2 atom stereocenters. The Morgan fingerprint density at radius 1 is 1.39 bits per heavy atom. The van der Waals surface area contributed by atoms with Crippen LogP contribution in [0.4, 0.5) is 0 Å². The molecule has 92 valence electrons. The molecule has 0 fully saturated rings. The molecule has 0 amide bonds. The maximum atomic E-state index is 9.65. The molecule has 2 rings (SSSR count). The van der Waals surface area contributed by atoms with Gasteiger partial charge in [-0.05, 0) is 18.2 Å². The van der Waals surface area contributed by atoms with Gasteiger partial charge in [0, 0.05) is 16.8 Å². The number of nitriles is 1. The summed E-state index contributed by atoms with van der Waals surface area (Å²) >= 11 is 5.86. The van der Waals surface area contributed by atoms with Gasteiger partial charge in [-0.25, -0.2) is 4.68 Å². The minimum Gasteiger partial charge on any atom is -0.384 e. The van der Waals surface area contributed by atoms with Crippen LogP contribution in [0.15, 0.2) is 36.7 Å². The van der Waals surface area contributed by atoms with Gasteiger partial charge in [-0.15, -0.1) is 0 Å². The molecule has 0 aliphatic heterocycles. The maximum Gasteiger partial charge on any atom is 0.170 e. The van der Waals surface area contributed by atoms with Crippen molar-refractivity contribution in [1.82, 2.24) is 9.78 Å². The lowest BCUT2D eigenvalue weighted by molar-refractivity contribution is 0.0528. The van der Waals surface area contributed by atoms with Gasteiger partial charge in [0.25, 0.3) is 0 Å². The molecule has 0 aliphatic carbocycles. The Morgan fingerprint density at radius 3 is 2.83 bits per heavy atom. The van der Waals surface area contributed by atoms with E-state index < -0.39 is 12.2 Å². The smallest absolute Gasteiger partial charge is 0.170 e. The first-order chi connectivity index (χ1) is 8.61. The molecule has 0 bridgehead atoms. The van der Waals surface area contributed by atoms with Crippen molar-refractivity contribution in [1.29, 1.82) is 5.26 Å². The quantitative estimate of drug-likeness (QED) is 0.821. The molecule has 2 aromatic rings. The number of rotatable bonds is 3. The van der Waals surface area contributed by atoms with Gasteiger partial charge in [-0.1, -0.05) is 17.7 Å². The largest absolute Gasteiger partial charge is 0.384 e. The van der Waals surface area contributed by atoms with E-state index >= 15 is 0 Å². The fourth-order valence-electron chi connectivity index (χ4n) is 1.50. The first-order valence-electron chi connectivity index (χ1n) is 5.18. The van der Waals surface area contributed by atoms with Crippen LogP contribution in [0.2, 0.25) is 5.02 Å². The monoisotopic (exact) mass is 263 g/mol. The van der Waals surface area contributed by atoms with E-state index in [1.54, 1.807) is 30.3 Å². The van der Waals surface area contributed by atoms with E-state index in [-0.39, 0.29) is 0 Å². The number of hydrogen-bond donors (Lipinski definition) is 2. The highest BCUT2D eigenvalue weighted by Crippen LogP contribution is 2.19. The minimum atomic E-state index is -1.47. The summed E-state index contributed by atoms with van der Waals surface area (Å²) in [7, 11) is 0. The number of aliphatic hydroxyl groups excluding tert-OH is 2. The topological polar surface area (TPSA) is 82.1 Å². The SMILES string of the molecule is N#CC(O)C(O)c1cnn(-c2cccc(Cl)c2)c1. The van der Waals surface area contributed by atoms with E-state index in [9.17, 15) is 10.2 Å². The first-order valence-corrected chi connectivity index (χ1v) is 5.56. The number of hydrogen-bond acceptors (Lipinski definition) is 4. The van der Waals surface area contributed by atoms with Crippen LogP contribution in [0.1, 0.15) is 11.7 Å². The van der Waals surface area contributed by atoms with Gasteiger partial charge < -0.3 is 10.2 Å². The standard InChI is InChI=1S/C12H10ClN3O2/c13-9-2-1-3-10(4-9)16-7-8(6-15-16)12(18)11(17)5-14/h1-4,6-7,11-12,17-18H. The van der Waals surface area contributed by atoms with E-state index in [1.807, 2.05) is 0 Å². The molecule has 0 aliphatic rings. The van der Waals surface area contributed by atoms with Crippen LogP contribution in [0.3, 0.4) is 0 Å². The Bertz CT molecular complexity index is 591. The normalized spacial score (nSPS) is 13.9. The lowest BCUT2D eigenvalue weighted by atomic mass is 10.1. The van der Waals surface area contributed by atoms with Crippen molar-refractivity contribution >= 4 is 11.6 Å².